The Hall–Kier alpha value is -5.81. The van der Waals surface area contributed by atoms with E-state index in [1.54, 1.807) is 18.2 Å². The number of urea groups is 1. The summed E-state index contributed by atoms with van der Waals surface area (Å²) in [6.45, 7) is 1.81. The standard InChI is InChI=1S/C39H33N3O5/c1-3-20-47-35-24-29(46-2)15-14-27(35)21-34-37(43)40-39(45)42(38(34)44)28-22-32-30(25-10-6-4-7-11-25)16-18-41-19-17-31(33(23-28)36(32)41)26-12-8-5-9-13-26/h1,4-15,21-24,30-31H,16-20H2,2H3,(H,40,43,45)/b34-21+/t30-,31-/m1/s1. The van der Waals surface area contributed by atoms with E-state index in [1.165, 1.54) is 30.0 Å². The Labute approximate surface area is 273 Å². The van der Waals surface area contributed by atoms with Gasteiger partial charge in [0.15, 0.2) is 0 Å². The van der Waals surface area contributed by atoms with Gasteiger partial charge in [0.25, 0.3) is 11.8 Å². The van der Waals surface area contributed by atoms with Gasteiger partial charge in [-0.05, 0) is 65.4 Å². The fourth-order valence-corrected chi connectivity index (χ4v) is 7.02. The molecule has 1 N–H and O–H groups in total. The molecule has 4 aromatic carbocycles. The smallest absolute Gasteiger partial charge is 0.335 e. The number of carbonyl (C=O) groups is 3. The summed E-state index contributed by atoms with van der Waals surface area (Å²) in [5, 5.41) is 2.39. The second kappa shape index (κ2) is 12.5. The van der Waals surface area contributed by atoms with Crippen LogP contribution in [0.2, 0.25) is 0 Å². The zero-order valence-corrected chi connectivity index (χ0v) is 25.9. The number of rotatable bonds is 7. The molecule has 0 aromatic heterocycles. The van der Waals surface area contributed by atoms with Crippen LogP contribution in [0, 0.1) is 12.3 Å². The third kappa shape index (κ3) is 5.50. The summed E-state index contributed by atoms with van der Waals surface area (Å²) >= 11 is 0. The summed E-state index contributed by atoms with van der Waals surface area (Å²) in [5.74, 6) is 1.93. The summed E-state index contributed by atoms with van der Waals surface area (Å²) in [5.41, 5.74) is 6.32. The van der Waals surface area contributed by atoms with Crippen molar-refractivity contribution in [3.63, 3.8) is 0 Å². The van der Waals surface area contributed by atoms with Crippen LogP contribution in [0.5, 0.6) is 11.5 Å². The van der Waals surface area contributed by atoms with Crippen LogP contribution in [0.3, 0.4) is 0 Å². The molecule has 0 unspecified atom stereocenters. The third-order valence-corrected chi connectivity index (χ3v) is 9.19. The molecule has 0 aliphatic carbocycles. The Morgan fingerprint density at radius 3 is 2.06 bits per heavy atom. The number of terminal acetylenes is 1. The first-order valence-electron chi connectivity index (χ1n) is 15.6. The SMILES string of the molecule is C#CCOc1cc(OC)ccc1/C=C1\C(=O)NC(=O)N(c2cc3c4c(c2)[C@@H](c2ccccc2)CCN4CC[C@@H]3c2ccccc2)C1=O. The second-order valence-electron chi connectivity index (χ2n) is 11.8. The number of methoxy groups -OCH3 is 1. The number of anilines is 2. The van der Waals surface area contributed by atoms with E-state index in [4.69, 9.17) is 15.9 Å². The highest BCUT2D eigenvalue weighted by molar-refractivity contribution is 6.39. The molecule has 1 fully saturated rings. The average Bonchev–Trinajstić information content (AvgIpc) is 3.10. The minimum atomic E-state index is -0.793. The first-order valence-corrected chi connectivity index (χ1v) is 15.6. The third-order valence-electron chi connectivity index (χ3n) is 9.19. The number of imide groups is 2. The maximum absolute atomic E-state index is 14.2. The maximum Gasteiger partial charge on any atom is 0.335 e. The molecular weight excluding hydrogens is 590 g/mol. The van der Waals surface area contributed by atoms with Crippen molar-refractivity contribution >= 4 is 35.3 Å². The van der Waals surface area contributed by atoms with Crippen LogP contribution in [0.15, 0.2) is 96.6 Å². The predicted octanol–water partition coefficient (Wildman–Crippen LogP) is 6.25. The summed E-state index contributed by atoms with van der Waals surface area (Å²) < 4.78 is 11.0. The van der Waals surface area contributed by atoms with E-state index in [0.717, 1.165) is 42.0 Å². The number of barbiturate groups is 1. The molecule has 8 nitrogen and oxygen atoms in total. The van der Waals surface area contributed by atoms with Crippen molar-refractivity contribution in [2.75, 3.05) is 36.6 Å². The first kappa shape index (κ1) is 29.9. The lowest BCUT2D eigenvalue weighted by atomic mass is 9.76. The van der Waals surface area contributed by atoms with Gasteiger partial charge in [-0.2, -0.15) is 0 Å². The molecule has 4 aromatic rings. The number of nitrogens with zero attached hydrogens (tertiary/aromatic N) is 2. The van der Waals surface area contributed by atoms with Crippen LogP contribution in [0.4, 0.5) is 16.2 Å². The summed E-state index contributed by atoms with van der Waals surface area (Å²) in [4.78, 5) is 44.4. The lowest BCUT2D eigenvalue weighted by molar-refractivity contribution is -0.122. The first-order chi connectivity index (χ1) is 23.0. The molecule has 7 rings (SSSR count). The monoisotopic (exact) mass is 623 g/mol. The molecule has 2 atom stereocenters. The van der Waals surface area contributed by atoms with Crippen molar-refractivity contribution in [1.82, 2.24) is 5.32 Å². The van der Waals surface area contributed by atoms with Gasteiger partial charge in [-0.3, -0.25) is 14.9 Å². The van der Waals surface area contributed by atoms with Gasteiger partial charge >= 0.3 is 6.03 Å². The lowest BCUT2D eigenvalue weighted by Gasteiger charge is -2.44. The maximum atomic E-state index is 14.2. The molecule has 0 saturated carbocycles. The van der Waals surface area contributed by atoms with E-state index in [-0.39, 0.29) is 24.0 Å². The van der Waals surface area contributed by atoms with Crippen LogP contribution >= 0.6 is 0 Å². The minimum absolute atomic E-state index is 0.0197. The van der Waals surface area contributed by atoms with Gasteiger partial charge in [-0.25, -0.2) is 9.69 Å². The summed E-state index contributed by atoms with van der Waals surface area (Å²) in [6.07, 6.45) is 8.64. The number of benzene rings is 4. The lowest BCUT2D eigenvalue weighted by Crippen LogP contribution is -2.54. The number of hydrogen-bond donors (Lipinski definition) is 1. The number of hydrogen-bond acceptors (Lipinski definition) is 6. The van der Waals surface area contributed by atoms with Gasteiger partial charge < -0.3 is 14.4 Å². The second-order valence-corrected chi connectivity index (χ2v) is 11.8. The Morgan fingerprint density at radius 2 is 1.49 bits per heavy atom. The van der Waals surface area contributed by atoms with Gasteiger partial charge in [0.1, 0.15) is 23.7 Å². The zero-order valence-electron chi connectivity index (χ0n) is 25.9. The molecule has 0 spiro atoms. The molecule has 3 aliphatic rings. The summed E-state index contributed by atoms with van der Waals surface area (Å²) in [7, 11) is 1.52. The normalized spacial score (nSPS) is 19.6. The van der Waals surface area contributed by atoms with Crippen molar-refractivity contribution in [2.24, 2.45) is 0 Å². The fraction of sp³-hybridized carbons (Fsp3) is 0.205. The predicted molar refractivity (Wildman–Crippen MR) is 181 cm³/mol. The van der Waals surface area contributed by atoms with Gasteiger partial charge in [-0.15, -0.1) is 6.42 Å². The molecule has 3 heterocycles. The van der Waals surface area contributed by atoms with Crippen LogP contribution in [-0.2, 0) is 9.59 Å². The number of amides is 4. The molecular formula is C39H33N3O5. The molecule has 4 amide bonds. The molecule has 3 aliphatic heterocycles. The van der Waals surface area contributed by atoms with E-state index in [2.05, 4.69) is 40.4 Å². The Morgan fingerprint density at radius 1 is 0.872 bits per heavy atom. The van der Waals surface area contributed by atoms with Gasteiger partial charge in [0, 0.05) is 42.2 Å². The van der Waals surface area contributed by atoms with E-state index in [0.29, 0.717) is 22.7 Å². The molecule has 0 radical (unpaired) electrons. The highest BCUT2D eigenvalue weighted by Crippen LogP contribution is 2.50. The van der Waals surface area contributed by atoms with Crippen LogP contribution in [-0.4, -0.2) is 44.7 Å². The van der Waals surface area contributed by atoms with Gasteiger partial charge in [0.05, 0.1) is 12.8 Å². The number of nitrogens with one attached hydrogen (secondary N) is 1. The Kier molecular flexibility index (Phi) is 7.96. The van der Waals surface area contributed by atoms with E-state index in [1.807, 2.05) is 48.5 Å². The topological polar surface area (TPSA) is 88.2 Å². The van der Waals surface area contributed by atoms with Crippen molar-refractivity contribution in [1.29, 1.82) is 0 Å². The van der Waals surface area contributed by atoms with E-state index < -0.39 is 17.8 Å². The van der Waals surface area contributed by atoms with Crippen molar-refractivity contribution < 1.29 is 23.9 Å². The van der Waals surface area contributed by atoms with Crippen molar-refractivity contribution in [3.8, 4) is 23.8 Å². The summed E-state index contributed by atoms with van der Waals surface area (Å²) in [6, 6.07) is 28.8. The highest BCUT2D eigenvalue weighted by atomic mass is 16.5. The van der Waals surface area contributed by atoms with Crippen LogP contribution in [0.25, 0.3) is 6.08 Å². The average molecular weight is 624 g/mol. The Balaban J connectivity index is 1.37. The van der Waals surface area contributed by atoms with E-state index >= 15 is 0 Å². The molecule has 0 bridgehead atoms. The van der Waals surface area contributed by atoms with E-state index in [9.17, 15) is 14.4 Å². The van der Waals surface area contributed by atoms with Crippen LogP contribution < -0.4 is 24.6 Å². The number of carbonyl (C=O) groups excluding carboxylic acids is 3. The fourth-order valence-electron chi connectivity index (χ4n) is 7.02. The van der Waals surface area contributed by atoms with Crippen molar-refractivity contribution in [2.45, 2.75) is 24.7 Å². The molecule has 234 valence electrons. The molecule has 47 heavy (non-hydrogen) atoms. The molecule has 1 saturated heterocycles. The van der Waals surface area contributed by atoms with Crippen molar-refractivity contribution in [3.05, 3.63) is 124 Å². The number of ether oxygens (including phenoxy) is 2. The minimum Gasteiger partial charge on any atom is -0.497 e. The van der Waals surface area contributed by atoms with Gasteiger partial charge in [0.2, 0.25) is 0 Å². The quantitative estimate of drug-likeness (QED) is 0.149. The highest BCUT2D eigenvalue weighted by Gasteiger charge is 2.40. The zero-order chi connectivity index (χ0) is 32.5. The largest absolute Gasteiger partial charge is 0.497 e. The molecule has 8 heteroatoms. The van der Waals surface area contributed by atoms with Crippen LogP contribution in [0.1, 0.15) is 52.5 Å². The Bertz CT molecular complexity index is 1870. The van der Waals surface area contributed by atoms with Gasteiger partial charge in [-0.1, -0.05) is 66.6 Å².